The van der Waals surface area contributed by atoms with E-state index < -0.39 is 10.2 Å². The van der Waals surface area contributed by atoms with Crippen molar-refractivity contribution < 1.29 is 8.42 Å². The normalized spacial score (nSPS) is 14.8. The van der Waals surface area contributed by atoms with E-state index in [1.807, 2.05) is 27.7 Å². The molecule has 1 aliphatic heterocycles. The molecule has 0 N–H and O–H groups in total. The van der Waals surface area contributed by atoms with Crippen LogP contribution in [0.4, 0.5) is 5.69 Å². The van der Waals surface area contributed by atoms with Crippen LogP contribution in [0.2, 0.25) is 0 Å². The van der Waals surface area contributed by atoms with E-state index in [0.29, 0.717) is 26.2 Å². The Morgan fingerprint density at radius 1 is 0.920 bits per heavy atom. The summed E-state index contributed by atoms with van der Waals surface area (Å²) in [4.78, 5) is 6.01. The third kappa shape index (κ3) is 5.31. The summed E-state index contributed by atoms with van der Waals surface area (Å²) in [6.07, 6.45) is 4.25. The predicted octanol–water partition coefficient (Wildman–Crippen LogP) is 3.16. The second-order valence-electron chi connectivity index (χ2n) is 5.12. The molecule has 0 unspecified atom stereocenters. The lowest BCUT2D eigenvalue weighted by Crippen LogP contribution is -2.50. The highest BCUT2D eigenvalue weighted by atomic mass is 32.2. The number of aromatic nitrogens is 2. The number of nitrogens with zero attached hydrogens (tertiary/aromatic N) is 4. The highest BCUT2D eigenvalue weighted by Gasteiger charge is 2.28. The fraction of sp³-hybridized carbons (Fsp3) is 0.500. The monoisotopic (exact) mass is 366 g/mol. The van der Waals surface area contributed by atoms with Crippen molar-refractivity contribution in [3.8, 4) is 0 Å². The molecule has 1 fully saturated rings. The van der Waals surface area contributed by atoms with Crippen LogP contribution in [0.5, 0.6) is 0 Å². The Bertz CT molecular complexity index is 689. The van der Waals surface area contributed by atoms with Crippen LogP contribution in [-0.2, 0) is 10.2 Å². The minimum absolute atomic E-state index is 0.481. The van der Waals surface area contributed by atoms with Gasteiger partial charge >= 0.3 is 10.2 Å². The van der Waals surface area contributed by atoms with Crippen molar-refractivity contribution in [2.75, 3.05) is 31.1 Å². The molecule has 2 heterocycles. The van der Waals surface area contributed by atoms with Gasteiger partial charge in [-0.3, -0.25) is 0 Å². The molecule has 1 aliphatic rings. The number of hydrogen-bond donors (Lipinski definition) is 0. The van der Waals surface area contributed by atoms with Crippen molar-refractivity contribution in [2.24, 2.45) is 0 Å². The van der Waals surface area contributed by atoms with Gasteiger partial charge in [-0.2, -0.15) is 12.7 Å². The van der Waals surface area contributed by atoms with Crippen LogP contribution >= 0.6 is 0 Å². The van der Waals surface area contributed by atoms with Crippen molar-refractivity contribution >= 4 is 15.9 Å². The molecule has 0 aliphatic carbocycles. The maximum absolute atomic E-state index is 12.4. The SMILES string of the molecule is CC.CC.Cc1ccc(N2CCN(S(=O)(=O)n3ccnc3)CC2)cc1. The third-order valence-corrected chi connectivity index (χ3v) is 5.48. The van der Waals surface area contributed by atoms with Crippen LogP contribution < -0.4 is 4.90 Å². The molecule has 2 aromatic rings. The van der Waals surface area contributed by atoms with Crippen molar-refractivity contribution in [3.05, 3.63) is 48.5 Å². The van der Waals surface area contributed by atoms with E-state index in [1.54, 1.807) is 0 Å². The van der Waals surface area contributed by atoms with E-state index in [2.05, 4.69) is 41.1 Å². The van der Waals surface area contributed by atoms with Crippen LogP contribution in [0.3, 0.4) is 0 Å². The van der Waals surface area contributed by atoms with Gasteiger partial charge in [0.05, 0.1) is 0 Å². The van der Waals surface area contributed by atoms with E-state index in [1.165, 1.54) is 28.6 Å². The number of hydrogen-bond acceptors (Lipinski definition) is 4. The van der Waals surface area contributed by atoms with Gasteiger partial charge in [0.2, 0.25) is 0 Å². The smallest absolute Gasteiger partial charge is 0.308 e. The van der Waals surface area contributed by atoms with Crippen LogP contribution in [0.25, 0.3) is 0 Å². The molecule has 6 nitrogen and oxygen atoms in total. The summed E-state index contributed by atoms with van der Waals surface area (Å²) in [5.74, 6) is 0. The fourth-order valence-electron chi connectivity index (χ4n) is 2.45. The predicted molar refractivity (Wildman–Crippen MR) is 104 cm³/mol. The van der Waals surface area contributed by atoms with Gasteiger partial charge in [0.1, 0.15) is 6.33 Å². The molecule has 0 bridgehead atoms. The molecule has 1 aromatic carbocycles. The van der Waals surface area contributed by atoms with Crippen LogP contribution in [-0.4, -0.2) is 47.9 Å². The molecule has 25 heavy (non-hydrogen) atoms. The maximum atomic E-state index is 12.4. The zero-order chi connectivity index (χ0) is 18.9. The van der Waals surface area contributed by atoms with Gasteiger partial charge in [-0.1, -0.05) is 45.4 Å². The largest absolute Gasteiger partial charge is 0.369 e. The summed E-state index contributed by atoms with van der Waals surface area (Å²) in [5.41, 5.74) is 2.36. The molecular weight excluding hydrogens is 336 g/mol. The van der Waals surface area contributed by atoms with Gasteiger partial charge in [-0.15, -0.1) is 0 Å². The fourth-order valence-corrected chi connectivity index (χ4v) is 3.72. The van der Waals surface area contributed by atoms with Crippen LogP contribution in [0, 0.1) is 6.92 Å². The standard InChI is InChI=1S/C14H18N4O2S.2C2H6/c1-13-2-4-14(5-3-13)16-8-10-17(11-9-16)21(19,20)18-7-6-15-12-18;2*1-2/h2-7,12H,8-11H2,1H3;2*1-2H3. The lowest BCUT2D eigenvalue weighted by molar-refractivity contribution is 0.380. The van der Waals surface area contributed by atoms with Gasteiger partial charge < -0.3 is 4.90 Å². The molecule has 140 valence electrons. The quantitative estimate of drug-likeness (QED) is 0.837. The molecule has 3 rings (SSSR count). The zero-order valence-corrected chi connectivity index (χ0v) is 16.7. The molecule has 0 atom stereocenters. The van der Waals surface area contributed by atoms with E-state index in [4.69, 9.17) is 0 Å². The Morgan fingerprint density at radius 2 is 1.48 bits per heavy atom. The average Bonchev–Trinajstić information content (AvgIpc) is 3.21. The summed E-state index contributed by atoms with van der Waals surface area (Å²) in [6, 6.07) is 8.30. The topological polar surface area (TPSA) is 58.4 Å². The Morgan fingerprint density at radius 3 is 1.96 bits per heavy atom. The van der Waals surface area contributed by atoms with E-state index >= 15 is 0 Å². The first kappa shape index (κ1) is 21.2. The van der Waals surface area contributed by atoms with Crippen molar-refractivity contribution in [3.63, 3.8) is 0 Å². The van der Waals surface area contributed by atoms with Crippen molar-refractivity contribution in [2.45, 2.75) is 34.6 Å². The first-order chi connectivity index (χ1) is 12.1. The summed E-state index contributed by atoms with van der Waals surface area (Å²) in [5, 5.41) is 0. The van der Waals surface area contributed by atoms with Crippen molar-refractivity contribution in [1.29, 1.82) is 0 Å². The van der Waals surface area contributed by atoms with Gasteiger partial charge in [0.15, 0.2) is 0 Å². The molecule has 1 aromatic heterocycles. The number of benzene rings is 1. The number of anilines is 1. The molecular formula is C18H30N4O2S. The van der Waals surface area contributed by atoms with Crippen LogP contribution in [0.15, 0.2) is 43.0 Å². The van der Waals surface area contributed by atoms with Gasteiger partial charge in [-0.25, -0.2) is 8.96 Å². The average molecular weight is 367 g/mol. The maximum Gasteiger partial charge on any atom is 0.308 e. The van der Waals surface area contributed by atoms with Gasteiger partial charge in [-0.05, 0) is 19.1 Å². The van der Waals surface area contributed by atoms with Crippen LogP contribution in [0.1, 0.15) is 33.3 Å². The molecule has 7 heteroatoms. The van der Waals surface area contributed by atoms with Crippen molar-refractivity contribution in [1.82, 2.24) is 13.3 Å². The Hall–Kier alpha value is -1.86. The number of piperazine rings is 1. The summed E-state index contributed by atoms with van der Waals surface area (Å²) < 4.78 is 27.4. The van der Waals surface area contributed by atoms with E-state index in [9.17, 15) is 8.42 Å². The molecule has 0 radical (unpaired) electrons. The van der Waals surface area contributed by atoms with Gasteiger partial charge in [0.25, 0.3) is 0 Å². The first-order valence-electron chi connectivity index (χ1n) is 8.87. The minimum atomic E-state index is -3.47. The lowest BCUT2D eigenvalue weighted by Gasteiger charge is -2.35. The molecule has 0 amide bonds. The van der Waals surface area contributed by atoms with E-state index in [-0.39, 0.29) is 0 Å². The summed E-state index contributed by atoms with van der Waals surface area (Å²) in [6.45, 7) is 12.4. The van der Waals surface area contributed by atoms with Gasteiger partial charge in [0, 0.05) is 44.3 Å². The summed E-state index contributed by atoms with van der Waals surface area (Å²) in [7, 11) is -3.47. The van der Waals surface area contributed by atoms with E-state index in [0.717, 1.165) is 9.66 Å². The third-order valence-electron chi connectivity index (χ3n) is 3.71. The lowest BCUT2D eigenvalue weighted by atomic mass is 10.2. The Kier molecular flexibility index (Phi) is 8.65. The second kappa shape index (κ2) is 10.2. The molecule has 1 saturated heterocycles. The zero-order valence-electron chi connectivity index (χ0n) is 15.9. The highest BCUT2D eigenvalue weighted by molar-refractivity contribution is 7.87. The Balaban J connectivity index is 0.000000730. The molecule has 0 spiro atoms. The summed E-state index contributed by atoms with van der Waals surface area (Å²) >= 11 is 0. The first-order valence-corrected chi connectivity index (χ1v) is 10.3. The molecule has 0 saturated carbocycles. The minimum Gasteiger partial charge on any atom is -0.369 e. The number of imidazole rings is 1. The number of rotatable bonds is 3. The number of aryl methyl sites for hydroxylation is 1. The highest BCUT2D eigenvalue weighted by Crippen LogP contribution is 2.18. The Labute approximate surface area is 152 Å². The second-order valence-corrected chi connectivity index (χ2v) is 6.96.